The Morgan fingerprint density at radius 1 is 0.656 bits per heavy atom. The van der Waals surface area contributed by atoms with Gasteiger partial charge in [-0.2, -0.15) is 0 Å². The zero-order chi connectivity index (χ0) is 22.2. The van der Waals surface area contributed by atoms with Crippen LogP contribution in [0.4, 0.5) is 0 Å². The van der Waals surface area contributed by atoms with E-state index in [1.165, 1.54) is 19.3 Å². The van der Waals surface area contributed by atoms with Crippen molar-refractivity contribution in [2.45, 2.75) is 37.9 Å². The molecule has 0 saturated heterocycles. The maximum Gasteiger partial charge on any atom is 0.338 e. The average molecular weight is 437 g/mol. The number of fused-ring (bicyclic) bond motifs is 5. The van der Waals surface area contributed by atoms with Crippen molar-refractivity contribution in [3.8, 4) is 11.5 Å². The number of ether oxygens (including phenoxy) is 4. The Morgan fingerprint density at radius 3 is 1.44 bits per heavy atom. The number of methoxy groups -OCH3 is 2. The summed E-state index contributed by atoms with van der Waals surface area (Å²) in [6.45, 7) is 0. The smallest absolute Gasteiger partial charge is 0.338 e. The second-order valence-electron chi connectivity index (χ2n) is 9.02. The molecule has 6 nitrogen and oxygen atoms in total. The topological polar surface area (TPSA) is 71.1 Å². The molecule has 3 aliphatic rings. The molecule has 6 unspecified atom stereocenters. The summed E-state index contributed by atoms with van der Waals surface area (Å²) in [7, 11) is 3.17. The van der Waals surface area contributed by atoms with Crippen molar-refractivity contribution in [1.29, 1.82) is 0 Å². The molecule has 2 aromatic carbocycles. The zero-order valence-corrected chi connectivity index (χ0v) is 18.4. The van der Waals surface area contributed by atoms with E-state index in [1.54, 1.807) is 62.8 Å². The normalized spacial score (nSPS) is 29.9. The van der Waals surface area contributed by atoms with Gasteiger partial charge in [-0.15, -0.1) is 0 Å². The fourth-order valence-corrected chi connectivity index (χ4v) is 6.13. The van der Waals surface area contributed by atoms with Crippen molar-refractivity contribution < 1.29 is 28.5 Å². The molecule has 3 fully saturated rings. The predicted molar refractivity (Wildman–Crippen MR) is 117 cm³/mol. The second kappa shape index (κ2) is 8.49. The molecule has 0 heterocycles. The number of carbonyl (C=O) groups is 2. The first kappa shape index (κ1) is 20.9. The molecule has 6 heteroatoms. The van der Waals surface area contributed by atoms with Crippen molar-refractivity contribution in [2.75, 3.05) is 14.2 Å². The van der Waals surface area contributed by atoms with Crippen LogP contribution in [-0.2, 0) is 9.47 Å². The van der Waals surface area contributed by atoms with Crippen molar-refractivity contribution in [3.63, 3.8) is 0 Å². The van der Waals surface area contributed by atoms with E-state index in [-0.39, 0.29) is 23.8 Å². The van der Waals surface area contributed by atoms with Gasteiger partial charge in [-0.05, 0) is 79.6 Å². The quantitative estimate of drug-likeness (QED) is 0.620. The lowest BCUT2D eigenvalue weighted by atomic mass is 9.78. The highest BCUT2D eigenvalue weighted by Gasteiger charge is 2.62. The van der Waals surface area contributed by atoms with E-state index in [0.29, 0.717) is 34.5 Å². The Hall–Kier alpha value is -3.02. The molecule has 3 saturated carbocycles. The van der Waals surface area contributed by atoms with E-state index >= 15 is 0 Å². The highest BCUT2D eigenvalue weighted by molar-refractivity contribution is 5.90. The van der Waals surface area contributed by atoms with Crippen LogP contribution in [0.15, 0.2) is 48.5 Å². The predicted octanol–water partition coefficient (Wildman–Crippen LogP) is 4.52. The Labute approximate surface area is 187 Å². The molecule has 0 N–H and O–H groups in total. The van der Waals surface area contributed by atoms with E-state index in [9.17, 15) is 9.59 Å². The van der Waals surface area contributed by atoms with E-state index < -0.39 is 12.2 Å². The molecule has 0 radical (unpaired) electrons. The molecular weight excluding hydrogens is 408 g/mol. The monoisotopic (exact) mass is 436 g/mol. The van der Waals surface area contributed by atoms with Gasteiger partial charge < -0.3 is 18.9 Å². The van der Waals surface area contributed by atoms with Gasteiger partial charge in [0.05, 0.1) is 25.3 Å². The Bertz CT molecular complexity index is 903. The molecule has 0 aliphatic heterocycles. The first-order chi connectivity index (χ1) is 15.6. The van der Waals surface area contributed by atoms with E-state index in [2.05, 4.69) is 0 Å². The van der Waals surface area contributed by atoms with Gasteiger partial charge in [0.25, 0.3) is 0 Å². The van der Waals surface area contributed by atoms with Gasteiger partial charge in [0.2, 0.25) is 0 Å². The minimum atomic E-state index is -0.406. The molecule has 3 aliphatic carbocycles. The first-order valence-electron chi connectivity index (χ1n) is 11.3. The third-order valence-corrected chi connectivity index (χ3v) is 7.57. The van der Waals surface area contributed by atoms with Gasteiger partial charge in [0.1, 0.15) is 23.7 Å². The summed E-state index contributed by atoms with van der Waals surface area (Å²) < 4.78 is 22.4. The van der Waals surface area contributed by atoms with Crippen LogP contribution in [-0.4, -0.2) is 38.4 Å². The molecule has 0 spiro atoms. The van der Waals surface area contributed by atoms with Crippen LogP contribution < -0.4 is 9.47 Å². The molecule has 5 rings (SSSR count). The molecule has 0 aromatic heterocycles. The maximum absolute atomic E-state index is 12.9. The minimum absolute atomic E-state index is 0.253. The van der Waals surface area contributed by atoms with Crippen molar-refractivity contribution >= 4 is 11.9 Å². The summed E-state index contributed by atoms with van der Waals surface area (Å²) in [6.07, 6.45) is 3.67. The highest BCUT2D eigenvalue weighted by Crippen LogP contribution is 2.60. The Morgan fingerprint density at radius 2 is 1.06 bits per heavy atom. The molecule has 0 amide bonds. The second-order valence-corrected chi connectivity index (χ2v) is 9.02. The average Bonchev–Trinajstić information content (AvgIpc) is 3.53. The molecule has 32 heavy (non-hydrogen) atoms. The van der Waals surface area contributed by atoms with Crippen LogP contribution in [0.1, 0.15) is 46.4 Å². The zero-order valence-electron chi connectivity index (χ0n) is 18.4. The van der Waals surface area contributed by atoms with Crippen molar-refractivity contribution in [2.24, 2.45) is 23.7 Å². The van der Waals surface area contributed by atoms with Crippen LogP contribution in [0.25, 0.3) is 0 Å². The lowest BCUT2D eigenvalue weighted by Gasteiger charge is -2.37. The Balaban J connectivity index is 1.35. The van der Waals surface area contributed by atoms with Gasteiger partial charge in [0.15, 0.2) is 0 Å². The summed E-state index contributed by atoms with van der Waals surface area (Å²) in [6, 6.07) is 13.8. The third kappa shape index (κ3) is 3.61. The highest BCUT2D eigenvalue weighted by atomic mass is 16.6. The number of esters is 2. The van der Waals surface area contributed by atoms with E-state index in [4.69, 9.17) is 18.9 Å². The first-order valence-corrected chi connectivity index (χ1v) is 11.3. The fourth-order valence-electron chi connectivity index (χ4n) is 6.13. The summed E-state index contributed by atoms with van der Waals surface area (Å²) >= 11 is 0. The number of benzene rings is 2. The van der Waals surface area contributed by atoms with E-state index in [0.717, 1.165) is 6.42 Å². The maximum atomic E-state index is 12.9. The summed E-state index contributed by atoms with van der Waals surface area (Å²) in [5.41, 5.74) is 0.938. The van der Waals surface area contributed by atoms with Crippen LogP contribution in [0, 0.1) is 23.7 Å². The molecular formula is C26H28O6. The van der Waals surface area contributed by atoms with Gasteiger partial charge in [-0.25, -0.2) is 9.59 Å². The van der Waals surface area contributed by atoms with Gasteiger partial charge in [-0.3, -0.25) is 0 Å². The molecule has 2 aromatic rings. The van der Waals surface area contributed by atoms with Crippen molar-refractivity contribution in [1.82, 2.24) is 0 Å². The minimum Gasteiger partial charge on any atom is -0.497 e. The van der Waals surface area contributed by atoms with Gasteiger partial charge >= 0.3 is 11.9 Å². The van der Waals surface area contributed by atoms with E-state index in [1.807, 2.05) is 0 Å². The fraction of sp³-hybridized carbons (Fsp3) is 0.462. The number of hydrogen-bond donors (Lipinski definition) is 0. The van der Waals surface area contributed by atoms with Crippen LogP contribution in [0.5, 0.6) is 11.5 Å². The number of hydrogen-bond acceptors (Lipinski definition) is 6. The number of carbonyl (C=O) groups excluding carboxylic acids is 2. The van der Waals surface area contributed by atoms with Gasteiger partial charge in [-0.1, -0.05) is 6.42 Å². The van der Waals surface area contributed by atoms with Gasteiger partial charge in [0, 0.05) is 11.8 Å². The standard InChI is InChI=1S/C26H28O6/c1-29-17-10-6-15(7-11-17)25(27)31-23-21-14-22(20-5-3-4-19(20)21)24(23)32-26(28)16-8-12-18(30-2)13-9-16/h6-13,19-24H,3-5,14H2,1-2H3. The third-order valence-electron chi connectivity index (χ3n) is 7.57. The SMILES string of the molecule is COc1ccc(C(=O)OC2C3CC(C4CCCC43)C2OC(=O)c2ccc(OC)cc2)cc1. The van der Waals surface area contributed by atoms with Crippen molar-refractivity contribution in [3.05, 3.63) is 59.7 Å². The van der Waals surface area contributed by atoms with Crippen LogP contribution in [0.2, 0.25) is 0 Å². The Kier molecular flexibility index (Phi) is 5.53. The lowest BCUT2D eigenvalue weighted by molar-refractivity contribution is -0.0766. The molecule has 6 atom stereocenters. The molecule has 168 valence electrons. The van der Waals surface area contributed by atoms with Crippen LogP contribution in [0.3, 0.4) is 0 Å². The summed E-state index contributed by atoms with van der Waals surface area (Å²) in [5.74, 6) is 2.22. The summed E-state index contributed by atoms with van der Waals surface area (Å²) in [4.78, 5) is 25.8. The summed E-state index contributed by atoms with van der Waals surface area (Å²) in [5, 5.41) is 0. The largest absolute Gasteiger partial charge is 0.497 e. The molecule has 2 bridgehead atoms. The van der Waals surface area contributed by atoms with Crippen LogP contribution >= 0.6 is 0 Å². The lowest BCUT2D eigenvalue weighted by Crippen LogP contribution is -2.45. The number of rotatable bonds is 6.